The number of ether oxygens (including phenoxy) is 5. The minimum absolute atomic E-state index is 0.104. The molecular formula is C35H44O9. The van der Waals surface area contributed by atoms with Gasteiger partial charge in [0.1, 0.15) is 17.6 Å². The lowest BCUT2D eigenvalue weighted by atomic mass is 9.75. The summed E-state index contributed by atoms with van der Waals surface area (Å²) in [5, 5.41) is 0. The quantitative estimate of drug-likeness (QED) is 0.0531. The topological polar surface area (TPSA) is 114 Å². The van der Waals surface area contributed by atoms with Gasteiger partial charge in [0.2, 0.25) is 0 Å². The van der Waals surface area contributed by atoms with Gasteiger partial charge in [-0.1, -0.05) is 33.8 Å². The molecule has 1 aliphatic rings. The summed E-state index contributed by atoms with van der Waals surface area (Å²) in [5.74, 6) is 0.442. The molecule has 0 aromatic heterocycles. The Morgan fingerprint density at radius 2 is 1.32 bits per heavy atom. The van der Waals surface area contributed by atoms with Gasteiger partial charge in [0.05, 0.1) is 24.3 Å². The van der Waals surface area contributed by atoms with E-state index in [-0.39, 0.29) is 35.7 Å². The molecule has 44 heavy (non-hydrogen) atoms. The fraction of sp³-hybridized carbons (Fsp3) is 0.486. The number of unbranched alkanes of at least 4 members (excludes halogenated alkanes) is 3. The first kappa shape index (κ1) is 34.4. The zero-order valence-corrected chi connectivity index (χ0v) is 26.2. The Kier molecular flexibility index (Phi) is 13.5. The van der Waals surface area contributed by atoms with E-state index in [2.05, 4.69) is 27.4 Å². The minimum Gasteiger partial charge on any atom is -0.462 e. The molecule has 9 nitrogen and oxygen atoms in total. The van der Waals surface area contributed by atoms with E-state index in [0.717, 1.165) is 38.5 Å². The zero-order valence-electron chi connectivity index (χ0n) is 26.2. The molecule has 0 saturated heterocycles. The van der Waals surface area contributed by atoms with Crippen molar-refractivity contribution in [2.75, 3.05) is 13.2 Å². The van der Waals surface area contributed by atoms with Crippen molar-refractivity contribution in [2.24, 2.45) is 17.8 Å². The van der Waals surface area contributed by atoms with Gasteiger partial charge in [-0.25, -0.2) is 19.2 Å². The Balaban J connectivity index is 1.37. The molecule has 0 radical (unpaired) electrons. The maximum Gasteiger partial charge on any atom is 0.513 e. The summed E-state index contributed by atoms with van der Waals surface area (Å²) in [6, 6.07) is 12.2. The Morgan fingerprint density at radius 3 is 1.89 bits per heavy atom. The van der Waals surface area contributed by atoms with Crippen LogP contribution >= 0.6 is 0 Å². The summed E-state index contributed by atoms with van der Waals surface area (Å²) in [4.78, 5) is 48.7. The number of esters is 3. The number of hydrogen-bond acceptors (Lipinski definition) is 9. The second-order valence-corrected chi connectivity index (χ2v) is 11.7. The summed E-state index contributed by atoms with van der Waals surface area (Å²) in [5.41, 5.74) is 1.04. The van der Waals surface area contributed by atoms with Crippen molar-refractivity contribution in [2.45, 2.75) is 78.7 Å². The number of carbonyl (C=O) groups is 4. The average molecular weight is 609 g/mol. The van der Waals surface area contributed by atoms with Crippen LogP contribution in [0.1, 0.15) is 93.4 Å². The third-order valence-electron chi connectivity index (χ3n) is 7.65. The van der Waals surface area contributed by atoms with E-state index in [1.165, 1.54) is 36.4 Å². The molecule has 9 heteroatoms. The number of carbonyl (C=O) groups excluding carboxylic acids is 4. The average Bonchev–Trinajstić information content (AvgIpc) is 2.99. The van der Waals surface area contributed by atoms with Crippen LogP contribution in [0.15, 0.2) is 60.7 Å². The molecule has 3 rings (SSSR count). The van der Waals surface area contributed by atoms with E-state index in [9.17, 15) is 19.2 Å². The molecule has 2 aromatic carbocycles. The van der Waals surface area contributed by atoms with Gasteiger partial charge in [-0.2, -0.15) is 0 Å². The molecule has 1 fully saturated rings. The molecular weight excluding hydrogens is 564 g/mol. The zero-order chi connectivity index (χ0) is 32.1. The maximum atomic E-state index is 12.8. The van der Waals surface area contributed by atoms with Gasteiger partial charge in [0, 0.05) is 5.57 Å². The molecule has 1 saturated carbocycles. The largest absolute Gasteiger partial charge is 0.513 e. The predicted octanol–water partition coefficient (Wildman–Crippen LogP) is 7.72. The summed E-state index contributed by atoms with van der Waals surface area (Å²) < 4.78 is 26.6. The van der Waals surface area contributed by atoms with Gasteiger partial charge in [0.25, 0.3) is 0 Å². The first-order chi connectivity index (χ1) is 21.0. The van der Waals surface area contributed by atoms with Crippen LogP contribution in [-0.2, 0) is 19.0 Å². The van der Waals surface area contributed by atoms with Gasteiger partial charge in [0.15, 0.2) is 0 Å². The standard InChI is InChI=1S/C35H44O9/c1-23(2)30-19-10-25(5)22-31(30)44-34(38)27-13-11-26(12-14-27)33(37)42-28-15-17-29(18-16-28)43-35(39)41-21-9-7-6-8-20-40-32(36)24(3)4/h11-18,23,25,30-31H,3,6-10,19-22H2,1-2,4-5H3. The fourth-order valence-corrected chi connectivity index (χ4v) is 5.07. The highest BCUT2D eigenvalue weighted by atomic mass is 16.7. The molecule has 0 bridgehead atoms. The van der Waals surface area contributed by atoms with Crippen LogP contribution in [-0.4, -0.2) is 43.4 Å². The van der Waals surface area contributed by atoms with Crippen LogP contribution in [0.5, 0.6) is 11.5 Å². The van der Waals surface area contributed by atoms with Crippen molar-refractivity contribution in [3.63, 3.8) is 0 Å². The van der Waals surface area contributed by atoms with E-state index in [4.69, 9.17) is 23.7 Å². The predicted molar refractivity (Wildman–Crippen MR) is 165 cm³/mol. The Hall–Kier alpha value is -4.14. The summed E-state index contributed by atoms with van der Waals surface area (Å²) >= 11 is 0. The van der Waals surface area contributed by atoms with Crippen molar-refractivity contribution in [3.8, 4) is 11.5 Å². The van der Waals surface area contributed by atoms with Crippen LogP contribution < -0.4 is 9.47 Å². The van der Waals surface area contributed by atoms with Crippen molar-refractivity contribution >= 4 is 24.1 Å². The van der Waals surface area contributed by atoms with Crippen LogP contribution in [0.4, 0.5) is 4.79 Å². The number of hydrogen-bond donors (Lipinski definition) is 0. The molecule has 1 aliphatic carbocycles. The number of rotatable bonds is 14. The summed E-state index contributed by atoms with van der Waals surface area (Å²) in [6.45, 7) is 12.2. The molecule has 0 heterocycles. The lowest BCUT2D eigenvalue weighted by molar-refractivity contribution is -0.139. The normalized spacial score (nSPS) is 17.8. The second kappa shape index (κ2) is 17.2. The van der Waals surface area contributed by atoms with Crippen molar-refractivity contribution in [3.05, 3.63) is 71.8 Å². The van der Waals surface area contributed by atoms with E-state index >= 15 is 0 Å². The molecule has 0 N–H and O–H groups in total. The van der Waals surface area contributed by atoms with Gasteiger partial charge >= 0.3 is 24.1 Å². The molecule has 3 atom stereocenters. The second-order valence-electron chi connectivity index (χ2n) is 11.7. The monoisotopic (exact) mass is 608 g/mol. The lowest BCUT2D eigenvalue weighted by Gasteiger charge is -2.36. The van der Waals surface area contributed by atoms with E-state index in [1.807, 2.05) is 0 Å². The van der Waals surface area contributed by atoms with Gasteiger partial charge in [-0.3, -0.25) is 0 Å². The highest BCUT2D eigenvalue weighted by Crippen LogP contribution is 2.35. The minimum atomic E-state index is -0.832. The molecule has 3 unspecified atom stereocenters. The third-order valence-corrected chi connectivity index (χ3v) is 7.65. The Morgan fingerprint density at radius 1 is 0.773 bits per heavy atom. The number of benzene rings is 2. The highest BCUT2D eigenvalue weighted by Gasteiger charge is 2.33. The van der Waals surface area contributed by atoms with Gasteiger partial charge in [-0.15, -0.1) is 0 Å². The van der Waals surface area contributed by atoms with E-state index in [1.54, 1.807) is 19.1 Å². The summed E-state index contributed by atoms with van der Waals surface area (Å²) in [6.07, 6.45) is 5.14. The fourth-order valence-electron chi connectivity index (χ4n) is 5.07. The van der Waals surface area contributed by atoms with Gasteiger partial charge in [-0.05, 0) is 112 Å². The molecule has 0 amide bonds. The first-order valence-corrected chi connectivity index (χ1v) is 15.3. The lowest BCUT2D eigenvalue weighted by Crippen LogP contribution is -2.35. The van der Waals surface area contributed by atoms with Crippen molar-refractivity contribution in [1.29, 1.82) is 0 Å². The molecule has 2 aromatic rings. The highest BCUT2D eigenvalue weighted by molar-refractivity contribution is 5.94. The van der Waals surface area contributed by atoms with E-state index in [0.29, 0.717) is 41.9 Å². The Labute approximate surface area is 259 Å². The van der Waals surface area contributed by atoms with Crippen LogP contribution in [0, 0.1) is 17.8 Å². The third kappa shape index (κ3) is 11.2. The Bertz CT molecular complexity index is 1260. The van der Waals surface area contributed by atoms with Crippen LogP contribution in [0.2, 0.25) is 0 Å². The maximum absolute atomic E-state index is 12.8. The smallest absolute Gasteiger partial charge is 0.462 e. The van der Waals surface area contributed by atoms with Crippen molar-refractivity contribution in [1.82, 2.24) is 0 Å². The summed E-state index contributed by atoms with van der Waals surface area (Å²) in [7, 11) is 0. The van der Waals surface area contributed by atoms with Crippen molar-refractivity contribution < 1.29 is 42.9 Å². The van der Waals surface area contributed by atoms with Crippen LogP contribution in [0.25, 0.3) is 0 Å². The molecule has 0 aliphatic heterocycles. The first-order valence-electron chi connectivity index (χ1n) is 15.3. The van der Waals surface area contributed by atoms with E-state index < -0.39 is 18.1 Å². The molecule has 238 valence electrons. The molecule has 0 spiro atoms. The SMILES string of the molecule is C=C(C)C(=O)OCCCCCCOC(=O)Oc1ccc(OC(=O)c2ccc(C(=O)OC3CC(C)CCC3C(C)C)cc2)cc1. The van der Waals surface area contributed by atoms with Gasteiger partial charge < -0.3 is 23.7 Å². The van der Waals surface area contributed by atoms with Crippen LogP contribution in [0.3, 0.4) is 0 Å².